The number of nitrogens with one attached hydrogen (secondary N) is 1. The maximum Gasteiger partial charge on any atom is 0.0794 e. The van der Waals surface area contributed by atoms with Crippen LogP contribution in [-0.2, 0) is 11.2 Å². The second-order valence-electron chi connectivity index (χ2n) is 4.95. The number of hydrogen-bond acceptors (Lipinski definition) is 4. The molecule has 17 heavy (non-hydrogen) atoms. The molecule has 3 nitrogen and oxygen atoms in total. The molecule has 0 spiro atoms. The average molecular weight is 254 g/mol. The predicted octanol–water partition coefficient (Wildman–Crippen LogP) is 2.48. The topological polar surface area (TPSA) is 34.2 Å². The summed E-state index contributed by atoms with van der Waals surface area (Å²) in [6.07, 6.45) is 5.77. The lowest BCUT2D eigenvalue weighted by atomic mass is 9.78. The van der Waals surface area contributed by atoms with Crippen LogP contribution in [0.15, 0.2) is 11.7 Å². The number of nitrogens with zero attached hydrogens (tertiary/aromatic N) is 1. The number of rotatable bonds is 6. The fraction of sp³-hybridized carbons (Fsp3) is 0.769. The first-order valence-corrected chi connectivity index (χ1v) is 7.34. The molecule has 1 aliphatic rings. The molecule has 0 bridgehead atoms. The van der Waals surface area contributed by atoms with Crippen molar-refractivity contribution in [2.24, 2.45) is 5.41 Å². The van der Waals surface area contributed by atoms with Crippen LogP contribution in [0.3, 0.4) is 0 Å². The van der Waals surface area contributed by atoms with Crippen molar-refractivity contribution in [3.05, 3.63) is 16.6 Å². The van der Waals surface area contributed by atoms with Gasteiger partial charge >= 0.3 is 0 Å². The van der Waals surface area contributed by atoms with Crippen LogP contribution in [0.2, 0.25) is 0 Å². The van der Waals surface area contributed by atoms with E-state index < -0.39 is 0 Å². The number of aromatic nitrogens is 1. The first-order chi connectivity index (χ1) is 8.27. The lowest BCUT2D eigenvalue weighted by Crippen LogP contribution is -2.41. The highest BCUT2D eigenvalue weighted by Crippen LogP contribution is 2.38. The Kier molecular flexibility index (Phi) is 4.54. The maximum absolute atomic E-state index is 5.79. The molecule has 2 heterocycles. The highest BCUT2D eigenvalue weighted by atomic mass is 32.1. The van der Waals surface area contributed by atoms with Crippen molar-refractivity contribution < 1.29 is 4.74 Å². The third-order valence-electron chi connectivity index (χ3n) is 3.74. The summed E-state index contributed by atoms with van der Waals surface area (Å²) in [4.78, 5) is 5.55. The van der Waals surface area contributed by atoms with E-state index in [2.05, 4.69) is 24.1 Å². The first-order valence-electron chi connectivity index (χ1n) is 6.46. The molecule has 4 heteroatoms. The van der Waals surface area contributed by atoms with Gasteiger partial charge in [0.15, 0.2) is 0 Å². The highest BCUT2D eigenvalue weighted by molar-refractivity contribution is 7.09. The standard InChI is InChI=1S/C13H22N2OS/c1-3-5-14-9-13(4-6-16-11(13)2)7-12-8-15-10-17-12/h8,10-11,14H,3-7,9H2,1-2H3. The Bertz CT molecular complexity index is 328. The number of thiazole rings is 1. The van der Waals surface area contributed by atoms with Crippen LogP contribution in [0.5, 0.6) is 0 Å². The molecule has 1 aromatic rings. The second kappa shape index (κ2) is 5.94. The van der Waals surface area contributed by atoms with E-state index >= 15 is 0 Å². The molecule has 1 N–H and O–H groups in total. The number of ether oxygens (including phenoxy) is 1. The lowest BCUT2D eigenvalue weighted by Gasteiger charge is -2.32. The van der Waals surface area contributed by atoms with Gasteiger partial charge in [0.1, 0.15) is 0 Å². The van der Waals surface area contributed by atoms with Crippen molar-refractivity contribution in [1.82, 2.24) is 10.3 Å². The molecular formula is C13H22N2OS. The first kappa shape index (κ1) is 13.0. The van der Waals surface area contributed by atoms with Crippen molar-refractivity contribution in [3.8, 4) is 0 Å². The van der Waals surface area contributed by atoms with E-state index in [1.807, 2.05) is 11.7 Å². The average Bonchev–Trinajstić information content (AvgIpc) is 2.92. The molecule has 0 aliphatic carbocycles. The lowest BCUT2D eigenvalue weighted by molar-refractivity contribution is 0.0635. The zero-order chi connectivity index (χ0) is 12.1. The molecule has 2 unspecified atom stereocenters. The Morgan fingerprint density at radius 1 is 1.65 bits per heavy atom. The largest absolute Gasteiger partial charge is 0.378 e. The molecule has 1 aromatic heterocycles. The van der Waals surface area contributed by atoms with Crippen LogP contribution >= 0.6 is 11.3 Å². The van der Waals surface area contributed by atoms with Gasteiger partial charge in [0.2, 0.25) is 0 Å². The summed E-state index contributed by atoms with van der Waals surface area (Å²) in [7, 11) is 0. The molecule has 0 radical (unpaired) electrons. The third-order valence-corrected chi connectivity index (χ3v) is 4.52. The van der Waals surface area contributed by atoms with Crippen LogP contribution in [0.1, 0.15) is 31.6 Å². The molecule has 0 amide bonds. The van der Waals surface area contributed by atoms with E-state index in [0.717, 1.165) is 32.5 Å². The van der Waals surface area contributed by atoms with Crippen LogP contribution in [0.4, 0.5) is 0 Å². The SMILES string of the molecule is CCCNCC1(Cc2cncs2)CCOC1C. The van der Waals surface area contributed by atoms with Gasteiger partial charge in [-0.2, -0.15) is 0 Å². The van der Waals surface area contributed by atoms with Crippen molar-refractivity contribution in [2.45, 2.75) is 39.2 Å². The van der Waals surface area contributed by atoms with Gasteiger partial charge in [-0.25, -0.2) is 0 Å². The van der Waals surface area contributed by atoms with Crippen LogP contribution in [-0.4, -0.2) is 30.8 Å². The van der Waals surface area contributed by atoms with Gasteiger partial charge in [0, 0.05) is 29.6 Å². The smallest absolute Gasteiger partial charge is 0.0794 e. The summed E-state index contributed by atoms with van der Waals surface area (Å²) in [6.45, 7) is 7.46. The summed E-state index contributed by atoms with van der Waals surface area (Å²) in [5.41, 5.74) is 2.19. The fourth-order valence-electron chi connectivity index (χ4n) is 2.54. The molecular weight excluding hydrogens is 232 g/mol. The minimum atomic E-state index is 0.266. The second-order valence-corrected chi connectivity index (χ2v) is 5.92. The Morgan fingerprint density at radius 3 is 3.12 bits per heavy atom. The molecule has 0 saturated carbocycles. The number of hydrogen-bond donors (Lipinski definition) is 1. The van der Waals surface area contributed by atoms with Gasteiger partial charge in [-0.1, -0.05) is 6.92 Å². The van der Waals surface area contributed by atoms with Crippen molar-refractivity contribution >= 4 is 11.3 Å². The molecule has 1 fully saturated rings. The van der Waals surface area contributed by atoms with E-state index in [0.29, 0.717) is 6.10 Å². The molecule has 1 aliphatic heterocycles. The van der Waals surface area contributed by atoms with Crippen molar-refractivity contribution in [3.63, 3.8) is 0 Å². The molecule has 96 valence electrons. The monoisotopic (exact) mass is 254 g/mol. The molecule has 0 aromatic carbocycles. The molecule has 2 rings (SSSR count). The summed E-state index contributed by atoms with van der Waals surface area (Å²) < 4.78 is 5.79. The minimum absolute atomic E-state index is 0.266. The fourth-order valence-corrected chi connectivity index (χ4v) is 3.29. The summed E-state index contributed by atoms with van der Waals surface area (Å²) in [5, 5.41) is 3.56. The zero-order valence-corrected chi connectivity index (χ0v) is 11.6. The van der Waals surface area contributed by atoms with E-state index in [1.165, 1.54) is 11.3 Å². The van der Waals surface area contributed by atoms with Gasteiger partial charge in [-0.15, -0.1) is 11.3 Å². The van der Waals surface area contributed by atoms with Gasteiger partial charge in [-0.05, 0) is 32.7 Å². The third kappa shape index (κ3) is 3.06. The quantitative estimate of drug-likeness (QED) is 0.792. The van der Waals surface area contributed by atoms with Crippen LogP contribution < -0.4 is 5.32 Å². The van der Waals surface area contributed by atoms with Crippen LogP contribution in [0, 0.1) is 5.41 Å². The molecule has 1 saturated heterocycles. The van der Waals surface area contributed by atoms with Crippen molar-refractivity contribution in [1.29, 1.82) is 0 Å². The van der Waals surface area contributed by atoms with Crippen molar-refractivity contribution in [2.75, 3.05) is 19.7 Å². The van der Waals surface area contributed by atoms with E-state index in [4.69, 9.17) is 4.74 Å². The highest BCUT2D eigenvalue weighted by Gasteiger charge is 2.41. The summed E-state index contributed by atoms with van der Waals surface area (Å²) in [6, 6.07) is 0. The predicted molar refractivity (Wildman–Crippen MR) is 71.4 cm³/mol. The Balaban J connectivity index is 2.02. The van der Waals surface area contributed by atoms with E-state index in [9.17, 15) is 0 Å². The van der Waals surface area contributed by atoms with Crippen LogP contribution in [0.25, 0.3) is 0 Å². The minimum Gasteiger partial charge on any atom is -0.378 e. The Hall–Kier alpha value is -0.450. The Labute approximate surface area is 108 Å². The van der Waals surface area contributed by atoms with Gasteiger partial charge in [-0.3, -0.25) is 4.98 Å². The van der Waals surface area contributed by atoms with Gasteiger partial charge in [0.05, 0.1) is 11.6 Å². The van der Waals surface area contributed by atoms with Gasteiger partial charge in [0.25, 0.3) is 0 Å². The normalized spacial score (nSPS) is 28.7. The van der Waals surface area contributed by atoms with Gasteiger partial charge < -0.3 is 10.1 Å². The maximum atomic E-state index is 5.79. The molecule has 2 atom stereocenters. The van der Waals surface area contributed by atoms with E-state index in [1.54, 1.807) is 11.3 Å². The van der Waals surface area contributed by atoms with E-state index in [-0.39, 0.29) is 5.41 Å². The zero-order valence-electron chi connectivity index (χ0n) is 10.7. The summed E-state index contributed by atoms with van der Waals surface area (Å²) >= 11 is 1.76. The Morgan fingerprint density at radius 2 is 2.53 bits per heavy atom. The summed E-state index contributed by atoms with van der Waals surface area (Å²) in [5.74, 6) is 0.